The number of hydrogen-bond donors (Lipinski definition) is 2. The Morgan fingerprint density at radius 2 is 2.12 bits per heavy atom. The summed E-state index contributed by atoms with van der Waals surface area (Å²) < 4.78 is 5.15. The summed E-state index contributed by atoms with van der Waals surface area (Å²) >= 11 is 0. The number of hydrogen-bond acceptors (Lipinski definition) is 3. The van der Waals surface area contributed by atoms with Crippen molar-refractivity contribution in [3.05, 3.63) is 12.2 Å². The first kappa shape index (κ1) is 15.0. The molecule has 1 unspecified atom stereocenters. The van der Waals surface area contributed by atoms with Crippen LogP contribution in [0.25, 0.3) is 0 Å². The molecule has 0 aliphatic carbocycles. The van der Waals surface area contributed by atoms with Crippen LogP contribution in [0.4, 0.5) is 4.79 Å². The molecule has 0 radical (unpaired) electrons. The lowest BCUT2D eigenvalue weighted by molar-refractivity contribution is 0.0512. The molecule has 0 aromatic heterocycles. The molecular weight excluding hydrogens is 206 g/mol. The van der Waals surface area contributed by atoms with Gasteiger partial charge >= 0.3 is 6.09 Å². The number of amides is 1. The molecule has 0 aliphatic heterocycles. The van der Waals surface area contributed by atoms with Gasteiger partial charge in [0.1, 0.15) is 5.60 Å². The number of aliphatic hydroxyl groups is 1. The van der Waals surface area contributed by atoms with Crippen molar-refractivity contribution < 1.29 is 14.6 Å². The van der Waals surface area contributed by atoms with Crippen molar-refractivity contribution in [2.75, 3.05) is 6.61 Å². The van der Waals surface area contributed by atoms with Gasteiger partial charge in [-0.3, -0.25) is 0 Å². The number of ether oxygens (including phenoxy) is 1. The molecule has 0 aliphatic rings. The number of carbonyl (C=O) groups is 1. The minimum atomic E-state index is -0.485. The third-order valence-corrected chi connectivity index (χ3v) is 1.78. The minimum Gasteiger partial charge on any atom is -0.444 e. The van der Waals surface area contributed by atoms with E-state index >= 15 is 0 Å². The Balaban J connectivity index is 4.17. The Morgan fingerprint density at radius 1 is 1.50 bits per heavy atom. The first-order valence-corrected chi connectivity index (χ1v) is 5.66. The van der Waals surface area contributed by atoms with Crippen molar-refractivity contribution in [2.24, 2.45) is 0 Å². The van der Waals surface area contributed by atoms with Gasteiger partial charge in [0.2, 0.25) is 0 Å². The molecular formula is C12H23NO3. The number of rotatable bonds is 5. The van der Waals surface area contributed by atoms with E-state index in [1.807, 2.05) is 27.7 Å². The lowest BCUT2D eigenvalue weighted by atomic mass is 10.1. The molecule has 16 heavy (non-hydrogen) atoms. The first-order valence-electron chi connectivity index (χ1n) is 5.66. The summed E-state index contributed by atoms with van der Waals surface area (Å²) in [4.78, 5) is 11.5. The second-order valence-corrected chi connectivity index (χ2v) is 4.65. The van der Waals surface area contributed by atoms with Gasteiger partial charge in [-0.25, -0.2) is 4.79 Å². The second-order valence-electron chi connectivity index (χ2n) is 4.65. The van der Waals surface area contributed by atoms with Gasteiger partial charge in [-0.15, -0.1) is 0 Å². The van der Waals surface area contributed by atoms with Crippen LogP contribution in [0.15, 0.2) is 12.2 Å². The Bertz CT molecular complexity index is 231. The average Bonchev–Trinajstić information content (AvgIpc) is 2.11. The summed E-state index contributed by atoms with van der Waals surface area (Å²) in [5.41, 5.74) is -0.485. The van der Waals surface area contributed by atoms with Crippen LogP contribution in [0.5, 0.6) is 0 Å². The van der Waals surface area contributed by atoms with Crippen molar-refractivity contribution in [1.29, 1.82) is 0 Å². The molecule has 1 amide bonds. The lowest BCUT2D eigenvalue weighted by Gasteiger charge is -2.22. The molecule has 4 nitrogen and oxygen atoms in total. The van der Waals surface area contributed by atoms with Crippen LogP contribution in [-0.2, 0) is 4.74 Å². The van der Waals surface area contributed by atoms with E-state index in [0.29, 0.717) is 0 Å². The largest absolute Gasteiger partial charge is 0.444 e. The summed E-state index contributed by atoms with van der Waals surface area (Å²) in [5, 5.41) is 11.4. The molecule has 1 atom stereocenters. The van der Waals surface area contributed by atoms with Crippen molar-refractivity contribution >= 4 is 6.09 Å². The summed E-state index contributed by atoms with van der Waals surface area (Å²) in [5.74, 6) is 0. The number of alkyl carbamates (subject to hydrolysis) is 1. The van der Waals surface area contributed by atoms with Gasteiger partial charge in [0.25, 0.3) is 0 Å². The quantitative estimate of drug-likeness (QED) is 0.711. The van der Waals surface area contributed by atoms with Crippen LogP contribution in [0.3, 0.4) is 0 Å². The predicted octanol–water partition coefficient (Wildman–Crippen LogP) is 2.23. The third-order valence-electron chi connectivity index (χ3n) is 1.78. The first-order chi connectivity index (χ1) is 7.39. The Hall–Kier alpha value is -1.03. The monoisotopic (exact) mass is 229 g/mol. The maximum atomic E-state index is 11.5. The second kappa shape index (κ2) is 7.28. The maximum absolute atomic E-state index is 11.5. The van der Waals surface area contributed by atoms with Crippen LogP contribution in [0.1, 0.15) is 40.5 Å². The Labute approximate surface area is 97.7 Å². The third kappa shape index (κ3) is 8.29. The molecule has 0 aromatic rings. The molecule has 0 saturated carbocycles. The predicted molar refractivity (Wildman–Crippen MR) is 64.3 cm³/mol. The van der Waals surface area contributed by atoms with E-state index in [1.165, 1.54) is 0 Å². The van der Waals surface area contributed by atoms with Gasteiger partial charge in [0.15, 0.2) is 0 Å². The highest BCUT2D eigenvalue weighted by Gasteiger charge is 2.17. The van der Waals surface area contributed by atoms with E-state index in [9.17, 15) is 4.79 Å². The number of carbonyl (C=O) groups excluding carboxylic acids is 1. The van der Waals surface area contributed by atoms with Crippen LogP contribution in [0.2, 0.25) is 0 Å². The molecule has 4 heteroatoms. The van der Waals surface area contributed by atoms with Gasteiger partial charge in [-0.1, -0.05) is 25.5 Å². The van der Waals surface area contributed by atoms with Crippen molar-refractivity contribution in [3.63, 3.8) is 0 Å². The fraction of sp³-hybridized carbons (Fsp3) is 0.750. The zero-order chi connectivity index (χ0) is 12.6. The van der Waals surface area contributed by atoms with E-state index in [1.54, 1.807) is 12.2 Å². The zero-order valence-corrected chi connectivity index (χ0v) is 10.6. The molecule has 0 fully saturated rings. The highest BCUT2D eigenvalue weighted by molar-refractivity contribution is 5.68. The molecule has 94 valence electrons. The van der Waals surface area contributed by atoms with Gasteiger partial charge in [-0.05, 0) is 27.2 Å². The smallest absolute Gasteiger partial charge is 0.408 e. The van der Waals surface area contributed by atoms with Gasteiger partial charge in [0.05, 0.1) is 12.6 Å². The molecule has 0 rings (SSSR count). The molecule has 0 aromatic carbocycles. The van der Waals surface area contributed by atoms with Gasteiger partial charge < -0.3 is 15.2 Å². The van der Waals surface area contributed by atoms with E-state index in [4.69, 9.17) is 9.84 Å². The Morgan fingerprint density at radius 3 is 2.56 bits per heavy atom. The van der Waals surface area contributed by atoms with E-state index in [-0.39, 0.29) is 12.6 Å². The summed E-state index contributed by atoms with van der Waals surface area (Å²) in [6.07, 6.45) is 4.77. The lowest BCUT2D eigenvalue weighted by Crippen LogP contribution is -2.38. The highest BCUT2D eigenvalue weighted by Crippen LogP contribution is 2.07. The van der Waals surface area contributed by atoms with Crippen LogP contribution in [-0.4, -0.2) is 29.4 Å². The fourth-order valence-corrected chi connectivity index (χ4v) is 1.21. The van der Waals surface area contributed by atoms with E-state index in [0.717, 1.165) is 12.8 Å². The molecule has 0 heterocycles. The average molecular weight is 229 g/mol. The van der Waals surface area contributed by atoms with Crippen molar-refractivity contribution in [3.8, 4) is 0 Å². The number of nitrogens with one attached hydrogen (secondary N) is 1. The van der Waals surface area contributed by atoms with Crippen LogP contribution >= 0.6 is 0 Å². The van der Waals surface area contributed by atoms with Gasteiger partial charge in [0, 0.05) is 0 Å². The van der Waals surface area contributed by atoms with E-state index in [2.05, 4.69) is 5.32 Å². The minimum absolute atomic E-state index is 0.0176. The normalized spacial score (nSPS) is 13.8. The molecule has 0 spiro atoms. The topological polar surface area (TPSA) is 58.6 Å². The Kier molecular flexibility index (Phi) is 6.81. The molecule has 2 N–H and O–H groups in total. The zero-order valence-electron chi connectivity index (χ0n) is 10.6. The SMILES string of the molecule is CCCC(/C=C/CO)NC(=O)OC(C)(C)C. The maximum Gasteiger partial charge on any atom is 0.408 e. The highest BCUT2D eigenvalue weighted by atomic mass is 16.6. The van der Waals surface area contributed by atoms with E-state index < -0.39 is 11.7 Å². The summed E-state index contributed by atoms with van der Waals surface area (Å²) in [6, 6.07) is -0.0769. The van der Waals surface area contributed by atoms with Crippen molar-refractivity contribution in [2.45, 2.75) is 52.2 Å². The standard InChI is InChI=1S/C12H23NO3/c1-5-7-10(8-6-9-14)13-11(15)16-12(2,3)4/h6,8,10,14H,5,7,9H2,1-4H3,(H,13,15)/b8-6+. The fourth-order valence-electron chi connectivity index (χ4n) is 1.21. The number of aliphatic hydroxyl groups excluding tert-OH is 1. The van der Waals surface area contributed by atoms with Crippen molar-refractivity contribution in [1.82, 2.24) is 5.32 Å². The molecule has 0 bridgehead atoms. The van der Waals surface area contributed by atoms with Crippen LogP contribution in [0, 0.1) is 0 Å². The summed E-state index contributed by atoms with van der Waals surface area (Å²) in [6.45, 7) is 7.49. The molecule has 0 saturated heterocycles. The van der Waals surface area contributed by atoms with Crippen LogP contribution < -0.4 is 5.32 Å². The van der Waals surface area contributed by atoms with Gasteiger partial charge in [-0.2, -0.15) is 0 Å². The summed E-state index contributed by atoms with van der Waals surface area (Å²) in [7, 11) is 0.